The Bertz CT molecular complexity index is 263. The molecule has 3 heteroatoms. The van der Waals surface area contributed by atoms with Crippen molar-refractivity contribution in [1.29, 1.82) is 0 Å². The van der Waals surface area contributed by atoms with Crippen molar-refractivity contribution in [2.75, 3.05) is 7.11 Å². The molecule has 1 atom stereocenters. The molecule has 86 valence electrons. The van der Waals surface area contributed by atoms with E-state index in [1.165, 1.54) is 13.2 Å². The highest BCUT2D eigenvalue weighted by Crippen LogP contribution is 2.29. The Hall–Kier alpha value is -0.573. The maximum Gasteiger partial charge on any atom is 0.308 e. The monoisotopic (exact) mass is 226 g/mol. The van der Waals surface area contributed by atoms with E-state index in [0.717, 1.165) is 19.3 Å². The molecule has 0 spiro atoms. The summed E-state index contributed by atoms with van der Waals surface area (Å²) < 4.78 is 4.77. The van der Waals surface area contributed by atoms with E-state index >= 15 is 0 Å². The fraction of sp³-hybridized carbons (Fsp3) is 0.750. The minimum atomic E-state index is -0.987. The van der Waals surface area contributed by atoms with Crippen LogP contribution in [0.5, 0.6) is 0 Å². The lowest BCUT2D eigenvalue weighted by Gasteiger charge is -2.24. The van der Waals surface area contributed by atoms with E-state index in [2.05, 4.69) is 25.7 Å². The molecule has 0 bridgehead atoms. The summed E-state index contributed by atoms with van der Waals surface area (Å²) >= 11 is 0. The lowest BCUT2D eigenvalue weighted by molar-refractivity contribution is -0.145. The number of methoxy groups -OCH3 is 1. The van der Waals surface area contributed by atoms with Crippen LogP contribution >= 0.6 is 0 Å². The van der Waals surface area contributed by atoms with Gasteiger partial charge in [-0.05, 0) is 25.3 Å². The first kappa shape index (κ1) is 12.5. The van der Waals surface area contributed by atoms with E-state index in [0.29, 0.717) is 0 Å². The zero-order chi connectivity index (χ0) is 11.5. The van der Waals surface area contributed by atoms with Gasteiger partial charge in [0.05, 0.1) is 13.0 Å². The average molecular weight is 226 g/mol. The molecular formula is C12H22O2Si. The van der Waals surface area contributed by atoms with E-state index in [1.54, 1.807) is 5.57 Å². The Morgan fingerprint density at radius 1 is 1.53 bits per heavy atom. The van der Waals surface area contributed by atoms with Crippen molar-refractivity contribution in [1.82, 2.24) is 0 Å². The molecule has 1 unspecified atom stereocenters. The number of esters is 1. The van der Waals surface area contributed by atoms with E-state index < -0.39 is 8.07 Å². The third kappa shape index (κ3) is 4.20. The molecule has 2 nitrogen and oxygen atoms in total. The molecular weight excluding hydrogens is 204 g/mol. The van der Waals surface area contributed by atoms with Crippen LogP contribution in [0, 0.1) is 5.92 Å². The predicted molar refractivity (Wildman–Crippen MR) is 65.6 cm³/mol. The average Bonchev–Trinajstić information content (AvgIpc) is 2.15. The third-order valence-corrected chi connectivity index (χ3v) is 4.31. The van der Waals surface area contributed by atoms with Crippen LogP contribution < -0.4 is 0 Å². The second kappa shape index (κ2) is 4.97. The molecule has 0 radical (unpaired) electrons. The number of hydrogen-bond donors (Lipinski definition) is 0. The quantitative estimate of drug-likeness (QED) is 0.419. The van der Waals surface area contributed by atoms with Gasteiger partial charge in [0, 0.05) is 8.07 Å². The highest BCUT2D eigenvalue weighted by Gasteiger charge is 2.24. The molecule has 15 heavy (non-hydrogen) atoms. The van der Waals surface area contributed by atoms with Gasteiger partial charge in [-0.15, -0.1) is 0 Å². The normalized spacial score (nSPS) is 22.1. The van der Waals surface area contributed by atoms with E-state index in [1.807, 2.05) is 0 Å². The maximum absolute atomic E-state index is 11.3. The molecule has 0 saturated carbocycles. The molecule has 0 N–H and O–H groups in total. The number of carbonyl (C=O) groups excluding carboxylic acids is 1. The van der Waals surface area contributed by atoms with E-state index in [9.17, 15) is 4.79 Å². The lowest BCUT2D eigenvalue weighted by Crippen LogP contribution is -2.23. The molecule has 0 aliphatic heterocycles. The molecule has 0 heterocycles. The minimum absolute atomic E-state index is 0.0432. The summed E-state index contributed by atoms with van der Waals surface area (Å²) in [5, 5.41) is 0. The van der Waals surface area contributed by atoms with Crippen molar-refractivity contribution in [3.05, 3.63) is 11.6 Å². The van der Waals surface area contributed by atoms with Gasteiger partial charge in [-0.1, -0.05) is 31.3 Å². The fourth-order valence-electron chi connectivity index (χ4n) is 2.11. The first-order chi connectivity index (χ1) is 6.92. The van der Waals surface area contributed by atoms with Gasteiger partial charge in [0.2, 0.25) is 0 Å². The minimum Gasteiger partial charge on any atom is -0.469 e. The highest BCUT2D eigenvalue weighted by molar-refractivity contribution is 6.76. The van der Waals surface area contributed by atoms with Crippen molar-refractivity contribution in [2.45, 2.75) is 44.9 Å². The number of allylic oxidation sites excluding steroid dienone is 2. The molecule has 1 aliphatic rings. The SMILES string of the molecule is COC(=O)C1CC=C(C[Si](C)(C)C)CC1. The zero-order valence-corrected chi connectivity index (χ0v) is 11.3. The van der Waals surface area contributed by atoms with E-state index in [-0.39, 0.29) is 11.9 Å². The van der Waals surface area contributed by atoms with Gasteiger partial charge in [-0.25, -0.2) is 0 Å². The van der Waals surface area contributed by atoms with Crippen LogP contribution in [0.25, 0.3) is 0 Å². The fourth-order valence-corrected chi connectivity index (χ4v) is 3.79. The smallest absolute Gasteiger partial charge is 0.308 e. The number of rotatable bonds is 3. The predicted octanol–water partition coefficient (Wildman–Crippen LogP) is 3.22. The van der Waals surface area contributed by atoms with Crippen LogP contribution in [-0.2, 0) is 9.53 Å². The summed E-state index contributed by atoms with van der Waals surface area (Å²) in [4.78, 5) is 11.3. The topological polar surface area (TPSA) is 26.3 Å². The Labute approximate surface area is 93.7 Å². The number of hydrogen-bond acceptors (Lipinski definition) is 2. The summed E-state index contributed by atoms with van der Waals surface area (Å²) in [6.45, 7) is 7.17. The number of carbonyl (C=O) groups is 1. The van der Waals surface area contributed by atoms with Gasteiger partial charge in [0.1, 0.15) is 0 Å². The van der Waals surface area contributed by atoms with Crippen molar-refractivity contribution in [2.24, 2.45) is 5.92 Å². The largest absolute Gasteiger partial charge is 0.469 e. The molecule has 1 rings (SSSR count). The Morgan fingerprint density at radius 2 is 2.20 bits per heavy atom. The summed E-state index contributed by atoms with van der Waals surface area (Å²) in [7, 11) is 0.489. The zero-order valence-electron chi connectivity index (χ0n) is 10.3. The Kier molecular flexibility index (Phi) is 4.14. The first-order valence-electron chi connectivity index (χ1n) is 5.68. The molecule has 0 saturated heterocycles. The van der Waals surface area contributed by atoms with Crippen molar-refractivity contribution >= 4 is 14.0 Å². The molecule has 1 aliphatic carbocycles. The molecule has 0 aromatic rings. The summed E-state index contributed by atoms with van der Waals surface area (Å²) in [6, 6.07) is 1.28. The van der Waals surface area contributed by atoms with Crippen LogP contribution in [0.2, 0.25) is 25.7 Å². The molecule has 0 fully saturated rings. The van der Waals surface area contributed by atoms with Gasteiger partial charge < -0.3 is 4.74 Å². The van der Waals surface area contributed by atoms with Crippen LogP contribution in [0.4, 0.5) is 0 Å². The molecule has 0 aromatic heterocycles. The van der Waals surface area contributed by atoms with Gasteiger partial charge in [0.15, 0.2) is 0 Å². The first-order valence-corrected chi connectivity index (χ1v) is 9.39. The standard InChI is InChI=1S/C12H22O2Si/c1-14-12(13)11-7-5-10(6-8-11)9-15(2,3)4/h5,11H,6-9H2,1-4H3. The Morgan fingerprint density at radius 3 is 2.60 bits per heavy atom. The summed E-state index contributed by atoms with van der Waals surface area (Å²) in [5.41, 5.74) is 1.56. The van der Waals surface area contributed by atoms with Crippen LogP contribution in [0.3, 0.4) is 0 Å². The molecule has 0 amide bonds. The number of ether oxygens (including phenoxy) is 1. The highest BCUT2D eigenvalue weighted by atomic mass is 28.3. The second-order valence-corrected chi connectivity index (χ2v) is 11.1. The summed E-state index contributed by atoms with van der Waals surface area (Å²) in [5.74, 6) is 0.0682. The second-order valence-electron chi connectivity index (χ2n) is 5.59. The van der Waals surface area contributed by atoms with Gasteiger partial charge >= 0.3 is 5.97 Å². The Balaban J connectivity index is 2.48. The maximum atomic E-state index is 11.3. The molecule has 0 aromatic carbocycles. The van der Waals surface area contributed by atoms with Crippen LogP contribution in [0.1, 0.15) is 19.3 Å². The third-order valence-electron chi connectivity index (χ3n) is 2.80. The van der Waals surface area contributed by atoms with Crippen molar-refractivity contribution < 1.29 is 9.53 Å². The van der Waals surface area contributed by atoms with Crippen LogP contribution in [0.15, 0.2) is 11.6 Å². The van der Waals surface area contributed by atoms with Gasteiger partial charge in [0.25, 0.3) is 0 Å². The van der Waals surface area contributed by atoms with Crippen molar-refractivity contribution in [3.63, 3.8) is 0 Å². The van der Waals surface area contributed by atoms with Crippen LogP contribution in [-0.4, -0.2) is 21.2 Å². The summed E-state index contributed by atoms with van der Waals surface area (Å²) in [6.07, 6.45) is 5.21. The van der Waals surface area contributed by atoms with Crippen molar-refractivity contribution in [3.8, 4) is 0 Å². The van der Waals surface area contributed by atoms with E-state index in [4.69, 9.17) is 4.74 Å². The van der Waals surface area contributed by atoms with Gasteiger partial charge in [-0.2, -0.15) is 0 Å². The lowest BCUT2D eigenvalue weighted by atomic mass is 9.90. The van der Waals surface area contributed by atoms with Gasteiger partial charge in [-0.3, -0.25) is 4.79 Å².